The summed E-state index contributed by atoms with van der Waals surface area (Å²) < 4.78 is 0. The molecular formula is C27H18ClN3O5. The van der Waals surface area contributed by atoms with E-state index in [4.69, 9.17) is 11.6 Å². The Morgan fingerprint density at radius 3 is 2.36 bits per heavy atom. The highest BCUT2D eigenvalue weighted by Crippen LogP contribution is 2.54. The number of hydrogen-bond acceptors (Lipinski definition) is 6. The van der Waals surface area contributed by atoms with Crippen molar-refractivity contribution < 1.29 is 19.3 Å². The molecule has 0 saturated carbocycles. The predicted molar refractivity (Wildman–Crippen MR) is 132 cm³/mol. The molecule has 0 N–H and O–H groups in total. The Labute approximate surface area is 210 Å². The van der Waals surface area contributed by atoms with Gasteiger partial charge in [0, 0.05) is 23.9 Å². The van der Waals surface area contributed by atoms with Crippen LogP contribution in [0.3, 0.4) is 0 Å². The molecule has 3 aliphatic rings. The van der Waals surface area contributed by atoms with E-state index in [0.29, 0.717) is 5.56 Å². The van der Waals surface area contributed by atoms with Crippen LogP contribution in [0.1, 0.15) is 27.5 Å². The van der Waals surface area contributed by atoms with Crippen LogP contribution in [0.15, 0.2) is 79.0 Å². The largest absolute Gasteiger partial charge is 0.358 e. The van der Waals surface area contributed by atoms with Crippen LogP contribution in [-0.4, -0.2) is 33.5 Å². The summed E-state index contributed by atoms with van der Waals surface area (Å²) in [4.78, 5) is 55.1. The summed E-state index contributed by atoms with van der Waals surface area (Å²) in [6.45, 7) is 0. The summed E-state index contributed by atoms with van der Waals surface area (Å²) in [5.74, 6) is -3.25. The number of ketones is 1. The number of anilines is 1. The van der Waals surface area contributed by atoms with Crippen molar-refractivity contribution >= 4 is 46.6 Å². The van der Waals surface area contributed by atoms with Crippen LogP contribution in [0.4, 0.5) is 11.4 Å². The lowest BCUT2D eigenvalue weighted by molar-refractivity contribution is -0.384. The van der Waals surface area contributed by atoms with Gasteiger partial charge in [-0.15, -0.1) is 0 Å². The highest BCUT2D eigenvalue weighted by atomic mass is 35.5. The van der Waals surface area contributed by atoms with Crippen molar-refractivity contribution in [3.8, 4) is 0 Å². The molecule has 3 aliphatic heterocycles. The molecule has 3 heterocycles. The summed E-state index contributed by atoms with van der Waals surface area (Å²) >= 11 is 6.32. The lowest BCUT2D eigenvalue weighted by atomic mass is 9.83. The quantitative estimate of drug-likeness (QED) is 0.224. The maximum Gasteiger partial charge on any atom is 0.271 e. The summed E-state index contributed by atoms with van der Waals surface area (Å²) in [5.41, 5.74) is 1.83. The monoisotopic (exact) mass is 499 g/mol. The number of benzene rings is 3. The second-order valence-corrected chi connectivity index (χ2v) is 9.38. The Kier molecular flexibility index (Phi) is 5.01. The molecule has 0 unspecified atom stereocenters. The van der Waals surface area contributed by atoms with E-state index in [0.717, 1.165) is 22.1 Å². The summed E-state index contributed by atoms with van der Waals surface area (Å²) in [6, 6.07) is 18.4. The van der Waals surface area contributed by atoms with E-state index < -0.39 is 40.7 Å². The van der Waals surface area contributed by atoms with Gasteiger partial charge in [-0.05, 0) is 23.3 Å². The van der Waals surface area contributed by atoms with Crippen LogP contribution in [0.25, 0.3) is 6.08 Å². The van der Waals surface area contributed by atoms with E-state index in [2.05, 4.69) is 0 Å². The lowest BCUT2D eigenvalue weighted by Crippen LogP contribution is -2.44. The molecule has 178 valence electrons. The molecule has 9 heteroatoms. The summed E-state index contributed by atoms with van der Waals surface area (Å²) in [5, 5.41) is 11.4. The van der Waals surface area contributed by atoms with Crippen LogP contribution in [-0.2, 0) is 9.59 Å². The van der Waals surface area contributed by atoms with E-state index in [1.807, 2.05) is 35.2 Å². The average Bonchev–Trinajstić information content (AvgIpc) is 3.37. The fourth-order valence-corrected chi connectivity index (χ4v) is 5.86. The van der Waals surface area contributed by atoms with Gasteiger partial charge in [-0.2, -0.15) is 0 Å². The summed E-state index contributed by atoms with van der Waals surface area (Å²) in [7, 11) is 0. The number of hydrogen-bond donors (Lipinski definition) is 0. The highest BCUT2D eigenvalue weighted by Gasteiger charge is 2.64. The van der Waals surface area contributed by atoms with Crippen molar-refractivity contribution in [1.82, 2.24) is 4.90 Å². The molecule has 0 aliphatic carbocycles. The molecule has 3 aromatic carbocycles. The third-order valence-electron chi connectivity index (χ3n) is 7.17. The molecule has 2 amide bonds. The van der Waals surface area contributed by atoms with Gasteiger partial charge in [0.25, 0.3) is 5.69 Å². The van der Waals surface area contributed by atoms with Crippen LogP contribution < -0.4 is 4.90 Å². The molecule has 2 fully saturated rings. The zero-order chi connectivity index (χ0) is 25.1. The minimum Gasteiger partial charge on any atom is -0.358 e. The molecule has 4 atom stereocenters. The second-order valence-electron chi connectivity index (χ2n) is 8.97. The standard InChI is InChI=1S/C27H18ClN3O5/c28-19-11-10-17(31(35)36)14-20(19)30-26(33)21-22(27(30)34)24(25(32)16-7-2-1-3-8-16)29-13-12-15-6-4-5-9-18(15)23(21)29/h1-14,21-24H/t21-,22+,23+,24-/m0/s1. The maximum atomic E-state index is 13.9. The Morgan fingerprint density at radius 1 is 0.917 bits per heavy atom. The van der Waals surface area contributed by atoms with Crippen molar-refractivity contribution in [3.63, 3.8) is 0 Å². The van der Waals surface area contributed by atoms with E-state index in [1.165, 1.54) is 12.1 Å². The Hall–Kier alpha value is -4.30. The number of imide groups is 1. The Morgan fingerprint density at radius 2 is 1.61 bits per heavy atom. The van der Waals surface area contributed by atoms with Crippen LogP contribution in [0, 0.1) is 22.0 Å². The fourth-order valence-electron chi connectivity index (χ4n) is 5.65. The minimum atomic E-state index is -0.985. The number of nitrogens with zero attached hydrogens (tertiary/aromatic N) is 3. The molecule has 6 rings (SSSR count). The van der Waals surface area contributed by atoms with E-state index in [1.54, 1.807) is 36.5 Å². The number of amides is 2. The number of carbonyl (C=O) groups excluding carboxylic acids is 3. The van der Waals surface area contributed by atoms with Gasteiger partial charge in [0.05, 0.1) is 33.5 Å². The molecule has 8 nitrogen and oxygen atoms in total. The van der Waals surface area contributed by atoms with Crippen LogP contribution in [0.2, 0.25) is 5.02 Å². The van der Waals surface area contributed by atoms with Crippen molar-refractivity contribution in [1.29, 1.82) is 0 Å². The number of fused-ring (bicyclic) bond motifs is 5. The molecule has 3 aromatic rings. The molecular weight excluding hydrogens is 482 g/mol. The van der Waals surface area contributed by atoms with Crippen LogP contribution >= 0.6 is 11.6 Å². The van der Waals surface area contributed by atoms with E-state index in [-0.39, 0.29) is 22.2 Å². The van der Waals surface area contributed by atoms with Crippen LogP contribution in [0.5, 0.6) is 0 Å². The zero-order valence-electron chi connectivity index (χ0n) is 18.7. The Bertz CT molecular complexity index is 1490. The van der Waals surface area contributed by atoms with Gasteiger partial charge in [0.1, 0.15) is 6.04 Å². The third kappa shape index (κ3) is 3.11. The van der Waals surface area contributed by atoms with Gasteiger partial charge in [-0.25, -0.2) is 4.90 Å². The van der Waals surface area contributed by atoms with Crippen molar-refractivity contribution in [2.24, 2.45) is 11.8 Å². The Balaban J connectivity index is 1.51. The fraction of sp³-hybridized carbons (Fsp3) is 0.148. The predicted octanol–water partition coefficient (Wildman–Crippen LogP) is 4.65. The van der Waals surface area contributed by atoms with Gasteiger partial charge < -0.3 is 4.90 Å². The molecule has 2 saturated heterocycles. The molecule has 0 radical (unpaired) electrons. The average molecular weight is 500 g/mol. The maximum absolute atomic E-state index is 13.9. The molecule has 0 bridgehead atoms. The second kappa shape index (κ2) is 8.13. The number of halogens is 1. The number of rotatable bonds is 4. The molecule has 36 heavy (non-hydrogen) atoms. The number of nitro benzene ring substituents is 1. The van der Waals surface area contributed by atoms with Gasteiger partial charge in [-0.1, -0.05) is 66.2 Å². The third-order valence-corrected chi connectivity index (χ3v) is 7.49. The first-order valence-corrected chi connectivity index (χ1v) is 11.7. The van der Waals surface area contributed by atoms with Crippen molar-refractivity contribution in [2.45, 2.75) is 12.1 Å². The number of nitro groups is 1. The van der Waals surface area contributed by atoms with E-state index >= 15 is 0 Å². The van der Waals surface area contributed by atoms with Crippen molar-refractivity contribution in [2.75, 3.05) is 4.90 Å². The number of carbonyl (C=O) groups is 3. The first-order chi connectivity index (χ1) is 17.4. The minimum absolute atomic E-state index is 0.0361. The first kappa shape index (κ1) is 22.2. The smallest absolute Gasteiger partial charge is 0.271 e. The van der Waals surface area contributed by atoms with Gasteiger partial charge in [0.2, 0.25) is 11.8 Å². The highest BCUT2D eigenvalue weighted by molar-refractivity contribution is 6.36. The molecule has 0 aromatic heterocycles. The molecule has 0 spiro atoms. The number of Topliss-reactive ketones (excluding diaryl/α,β-unsaturated/α-hetero) is 1. The number of non-ortho nitro benzene ring substituents is 1. The lowest BCUT2D eigenvalue weighted by Gasteiger charge is -2.35. The van der Waals surface area contributed by atoms with E-state index in [9.17, 15) is 24.5 Å². The van der Waals surface area contributed by atoms with Gasteiger partial charge in [0.15, 0.2) is 5.78 Å². The normalized spacial score (nSPS) is 23.9. The van der Waals surface area contributed by atoms with Gasteiger partial charge >= 0.3 is 0 Å². The van der Waals surface area contributed by atoms with Gasteiger partial charge in [-0.3, -0.25) is 24.5 Å². The van der Waals surface area contributed by atoms with Crippen molar-refractivity contribution in [3.05, 3.63) is 111 Å². The zero-order valence-corrected chi connectivity index (χ0v) is 19.4. The SMILES string of the molecule is O=C(c1ccccc1)[C@@H]1[C@@H]2C(=O)N(c3cc([N+](=O)[O-])ccc3Cl)C(=O)[C@@H]2[C@H]2c3ccccc3C=CN12. The topological polar surface area (TPSA) is 101 Å². The summed E-state index contributed by atoms with van der Waals surface area (Å²) in [6.07, 6.45) is 3.66. The first-order valence-electron chi connectivity index (χ1n) is 11.3.